The maximum Gasteiger partial charge on any atom is 0.115 e. The summed E-state index contributed by atoms with van der Waals surface area (Å²) >= 11 is 4.02. The second kappa shape index (κ2) is 47.2. The summed E-state index contributed by atoms with van der Waals surface area (Å²) in [7, 11) is 0. The van der Waals surface area contributed by atoms with Crippen LogP contribution < -0.4 is 11.5 Å². The number of phenols is 1. The molecule has 0 saturated heterocycles. The Hall–Kier alpha value is -3.29. The van der Waals surface area contributed by atoms with Gasteiger partial charge in [-0.25, -0.2) is 0 Å². The first-order chi connectivity index (χ1) is 28.4. The lowest BCUT2D eigenvalue weighted by Crippen LogP contribution is -2.07. The van der Waals surface area contributed by atoms with Crippen LogP contribution in [-0.2, 0) is 12.8 Å². The molecule has 0 saturated carbocycles. The van der Waals surface area contributed by atoms with Gasteiger partial charge in [0.2, 0.25) is 0 Å². The molecule has 8 N–H and O–H groups in total. The number of hydrogen-bond acceptors (Lipinski definition) is 7. The first-order valence-electron chi connectivity index (χ1n) is 23.1. The normalized spacial score (nSPS) is 10.5. The van der Waals surface area contributed by atoms with Crippen molar-refractivity contribution in [3.8, 4) is 5.75 Å². The molecule has 2 rings (SSSR count). The molecule has 0 aliphatic rings. The highest BCUT2D eigenvalue weighted by molar-refractivity contribution is 7.80. The molecular formula is C55H104N2O4S. The van der Waals surface area contributed by atoms with E-state index in [4.69, 9.17) is 31.9 Å². The Labute approximate surface area is 391 Å². The molecular weight excluding hydrogens is 785 g/mol. The number of aromatic hydroxyl groups is 1. The molecule has 1 unspecified atom stereocenters. The summed E-state index contributed by atoms with van der Waals surface area (Å²) in [5.41, 5.74) is 15.0. The van der Waals surface area contributed by atoms with Crippen LogP contribution in [0.5, 0.6) is 5.75 Å². The monoisotopic (exact) mass is 889 g/mol. The van der Waals surface area contributed by atoms with E-state index in [-0.39, 0.29) is 11.9 Å². The lowest BCUT2D eigenvalue weighted by atomic mass is 10.0. The minimum atomic E-state index is -0.148. The minimum absolute atomic E-state index is 0.148. The van der Waals surface area contributed by atoms with E-state index in [1.807, 2.05) is 39.8 Å². The van der Waals surface area contributed by atoms with Gasteiger partial charge in [-0.2, -0.15) is 12.6 Å². The standard InChI is InChI=1S/C10H14O.C10H14.C7H15N.C7H14O.C6H13N.C6H12O.C5H12O.C4H10S/c1-8(2)7-9-3-5-10(11)6-4-9;1-9(2)8-10-6-4-3-5-7-10;2*1-6(2)4-5-7(3)8;2*1-5(2)4-6(3)7;1-4(2)5(3)6;1-4(2)3-5/h3-6,8,11H,7H2,1-2H3;3-7,9H,8H2,1-2H3;6H,3-5,8H2,1-2H3;6,8H,3-5H2,1-2H3;5H,3-4,7H2,1-2H3;5,7H,3-4H2,1-2H3;4-6H,1-3H3;4-5H,3H2,1-2H3. The number of benzene rings is 2. The van der Waals surface area contributed by atoms with E-state index in [1.165, 1.54) is 17.5 Å². The number of aliphatic hydroxyl groups excluding tert-OH is 3. The van der Waals surface area contributed by atoms with Gasteiger partial charge in [0.05, 0.1) is 17.6 Å². The van der Waals surface area contributed by atoms with Crippen molar-refractivity contribution in [2.24, 2.45) is 58.8 Å². The zero-order chi connectivity index (χ0) is 50.0. The maximum absolute atomic E-state index is 8.99. The summed E-state index contributed by atoms with van der Waals surface area (Å²) in [5.74, 6) is 7.13. The summed E-state index contributed by atoms with van der Waals surface area (Å²) in [5, 5.41) is 34.8. The van der Waals surface area contributed by atoms with E-state index in [0.29, 0.717) is 41.1 Å². The van der Waals surface area contributed by atoms with Crippen LogP contribution in [-0.4, -0.2) is 32.3 Å². The van der Waals surface area contributed by atoms with Crippen LogP contribution in [0, 0.1) is 47.3 Å². The number of phenolic OH excluding ortho intramolecular Hbond substituents is 1. The van der Waals surface area contributed by atoms with Crippen molar-refractivity contribution in [2.45, 2.75) is 175 Å². The molecule has 0 bridgehead atoms. The molecule has 0 amide bonds. The second-order valence-electron chi connectivity index (χ2n) is 19.4. The van der Waals surface area contributed by atoms with Gasteiger partial charge < -0.3 is 31.9 Å². The molecule has 0 heterocycles. The Morgan fingerprint density at radius 2 is 0.855 bits per heavy atom. The third-order valence-electron chi connectivity index (χ3n) is 7.76. The summed E-state index contributed by atoms with van der Waals surface area (Å²) in [6.45, 7) is 49.8. The van der Waals surface area contributed by atoms with Crippen molar-refractivity contribution in [1.82, 2.24) is 0 Å². The van der Waals surface area contributed by atoms with Crippen molar-refractivity contribution in [2.75, 3.05) is 5.75 Å². The summed E-state index contributed by atoms with van der Waals surface area (Å²) in [4.78, 5) is 0. The quantitative estimate of drug-likeness (QED) is 0.0663. The van der Waals surface area contributed by atoms with Gasteiger partial charge in [-0.1, -0.05) is 180 Å². The third kappa shape index (κ3) is 80.7. The van der Waals surface area contributed by atoms with Crippen molar-refractivity contribution in [3.63, 3.8) is 0 Å². The number of nitrogens with two attached hydrogens (primary N) is 2. The largest absolute Gasteiger partial charge is 0.513 e. The van der Waals surface area contributed by atoms with Crippen LogP contribution in [0.2, 0.25) is 0 Å². The van der Waals surface area contributed by atoms with Gasteiger partial charge in [0, 0.05) is 24.2 Å². The molecule has 1 atom stereocenters. The Morgan fingerprint density at radius 1 is 0.500 bits per heavy atom. The number of hydrogen-bond donors (Lipinski definition) is 7. The Bertz CT molecular complexity index is 1230. The first kappa shape index (κ1) is 70.4. The Balaban J connectivity index is -0.000000146. The van der Waals surface area contributed by atoms with E-state index in [2.05, 4.69) is 152 Å². The molecule has 7 heteroatoms. The van der Waals surface area contributed by atoms with Crippen LogP contribution in [0.3, 0.4) is 0 Å². The fraction of sp³-hybridized carbons (Fsp3) is 0.636. The summed E-state index contributed by atoms with van der Waals surface area (Å²) in [6.07, 6.45) is 7.71. The Kier molecular flexibility index (Phi) is 53.6. The lowest BCUT2D eigenvalue weighted by molar-refractivity contribution is 0.144. The van der Waals surface area contributed by atoms with Gasteiger partial charge >= 0.3 is 0 Å². The highest BCUT2D eigenvalue weighted by Gasteiger charge is 1.99. The van der Waals surface area contributed by atoms with Gasteiger partial charge in [0.25, 0.3) is 0 Å². The molecule has 364 valence electrons. The van der Waals surface area contributed by atoms with Crippen LogP contribution in [0.4, 0.5) is 0 Å². The number of allylic oxidation sites excluding steroid dienone is 4. The van der Waals surface area contributed by atoms with Gasteiger partial charge in [0.1, 0.15) is 5.75 Å². The van der Waals surface area contributed by atoms with E-state index in [9.17, 15) is 0 Å². The zero-order valence-electron chi connectivity index (χ0n) is 43.5. The molecule has 6 nitrogen and oxygen atoms in total. The van der Waals surface area contributed by atoms with Gasteiger partial charge in [0.15, 0.2) is 0 Å². The highest BCUT2D eigenvalue weighted by Crippen LogP contribution is 2.13. The number of thiol groups is 1. The van der Waals surface area contributed by atoms with Crippen LogP contribution in [0.15, 0.2) is 104 Å². The Morgan fingerprint density at radius 3 is 1.03 bits per heavy atom. The third-order valence-corrected chi connectivity index (χ3v) is 8.49. The molecule has 0 spiro atoms. The fourth-order valence-electron chi connectivity index (χ4n) is 4.11. The predicted octanol–water partition coefficient (Wildman–Crippen LogP) is 16.1. The van der Waals surface area contributed by atoms with Crippen molar-refractivity contribution in [3.05, 3.63) is 115 Å². The lowest BCUT2D eigenvalue weighted by Gasteiger charge is -2.04. The molecule has 0 radical (unpaired) electrons. The predicted molar refractivity (Wildman–Crippen MR) is 284 cm³/mol. The molecule has 0 fully saturated rings. The number of rotatable bonds is 16. The average molecular weight is 890 g/mol. The topological polar surface area (TPSA) is 133 Å². The first-order valence-corrected chi connectivity index (χ1v) is 23.7. The van der Waals surface area contributed by atoms with E-state index in [0.717, 1.165) is 79.8 Å². The zero-order valence-corrected chi connectivity index (χ0v) is 44.4. The number of aliphatic hydroxyl groups is 3. The van der Waals surface area contributed by atoms with E-state index in [1.54, 1.807) is 19.1 Å². The van der Waals surface area contributed by atoms with E-state index >= 15 is 0 Å². The van der Waals surface area contributed by atoms with Gasteiger partial charge in [-0.3, -0.25) is 0 Å². The molecule has 2 aromatic rings. The van der Waals surface area contributed by atoms with Crippen LogP contribution in [0.25, 0.3) is 0 Å². The second-order valence-corrected chi connectivity index (χ2v) is 19.8. The SMILES string of the molecule is C=C(N)CC(C)C.C=C(N)CCC(C)C.C=C(O)CC(C)C.C=C(O)CCC(C)C.CC(C)C(C)O.CC(C)CS.CC(C)Cc1ccc(O)cc1.CC(C)Cc1ccccc1. The molecule has 0 aliphatic heterocycles. The summed E-state index contributed by atoms with van der Waals surface area (Å²) in [6, 6.07) is 18.0. The molecule has 0 aromatic heterocycles. The van der Waals surface area contributed by atoms with Crippen molar-refractivity contribution in [1.29, 1.82) is 0 Å². The van der Waals surface area contributed by atoms with Crippen LogP contribution in [0.1, 0.15) is 167 Å². The minimum Gasteiger partial charge on any atom is -0.513 e. The average Bonchev–Trinajstić information content (AvgIpc) is 3.11. The van der Waals surface area contributed by atoms with Crippen molar-refractivity contribution >= 4 is 12.6 Å². The van der Waals surface area contributed by atoms with Gasteiger partial charge in [-0.05, 0) is 122 Å². The fourth-order valence-corrected chi connectivity index (χ4v) is 4.11. The smallest absolute Gasteiger partial charge is 0.115 e. The van der Waals surface area contributed by atoms with Crippen molar-refractivity contribution < 1.29 is 20.4 Å². The van der Waals surface area contributed by atoms with Crippen LogP contribution >= 0.6 is 12.6 Å². The molecule has 2 aromatic carbocycles. The van der Waals surface area contributed by atoms with E-state index < -0.39 is 0 Å². The molecule has 0 aliphatic carbocycles. The van der Waals surface area contributed by atoms with Gasteiger partial charge in [-0.15, -0.1) is 0 Å². The summed E-state index contributed by atoms with van der Waals surface area (Å²) < 4.78 is 0. The highest BCUT2D eigenvalue weighted by atomic mass is 32.1. The molecule has 62 heavy (non-hydrogen) atoms. The maximum atomic E-state index is 8.99.